The van der Waals surface area contributed by atoms with E-state index >= 15 is 0 Å². The number of phosphoric ester groups is 1. The minimum absolute atomic E-state index is 0.00267. The maximum absolute atomic E-state index is 12.6. The van der Waals surface area contributed by atoms with Crippen molar-refractivity contribution in [3.63, 3.8) is 0 Å². The van der Waals surface area contributed by atoms with E-state index in [-0.39, 0.29) is 13.0 Å². The molecule has 0 spiro atoms. The van der Waals surface area contributed by atoms with Gasteiger partial charge in [-0.3, -0.25) is 13.8 Å². The van der Waals surface area contributed by atoms with E-state index in [0.717, 1.165) is 109 Å². The number of hydrogen-bond donors (Lipinski definition) is 3. The number of carbonyl (C=O) groups is 1. The van der Waals surface area contributed by atoms with Gasteiger partial charge >= 0.3 is 13.8 Å². The quantitative estimate of drug-likeness (QED) is 0.0237. The summed E-state index contributed by atoms with van der Waals surface area (Å²) in [6.07, 6.45) is 64.2. The highest BCUT2D eigenvalue weighted by Gasteiger charge is 2.26. The monoisotopic (exact) mass is 883 g/mol. The Morgan fingerprint density at radius 3 is 1.31 bits per heavy atom. The first-order valence-corrected chi connectivity index (χ1v) is 24.7. The summed E-state index contributed by atoms with van der Waals surface area (Å²) < 4.78 is 33.3. The van der Waals surface area contributed by atoms with Crippen molar-refractivity contribution >= 4 is 13.8 Å². The fraction of sp³-hybridized carbons (Fsp3) is 0.558. The number of allylic oxidation sites excluding steroid dienone is 22. The number of aliphatic hydroxyl groups excluding tert-OH is 2. The van der Waals surface area contributed by atoms with Crippen LogP contribution in [0.1, 0.15) is 142 Å². The van der Waals surface area contributed by atoms with E-state index in [2.05, 4.69) is 141 Å². The third-order valence-corrected chi connectivity index (χ3v) is 9.78. The van der Waals surface area contributed by atoms with E-state index in [4.69, 9.17) is 23.6 Å². The van der Waals surface area contributed by atoms with Gasteiger partial charge in [-0.2, -0.15) is 0 Å². The summed E-state index contributed by atoms with van der Waals surface area (Å²) in [4.78, 5) is 22.6. The molecule has 0 amide bonds. The average molecular weight is 883 g/mol. The molecule has 0 aliphatic carbocycles. The molecular formula is C52H83O9P. The molecule has 0 aromatic carbocycles. The highest BCUT2D eigenvalue weighted by Crippen LogP contribution is 2.43. The van der Waals surface area contributed by atoms with Crippen LogP contribution in [-0.4, -0.2) is 66.3 Å². The highest BCUT2D eigenvalue weighted by molar-refractivity contribution is 7.47. The SMILES string of the molecule is CC/C=C\C/C=C\C/C=C\C/C=C\C/C=C\C/C=C\C/C=C\CCCC(=O)OC(COCCCCCCC/C=C\C/C=C\C/C=C\C/C=C\CC)COP(=O)(O)OCC(O)CO. The number of aliphatic hydroxyl groups is 2. The molecule has 9 nitrogen and oxygen atoms in total. The van der Waals surface area contributed by atoms with E-state index in [1.807, 2.05) is 6.08 Å². The van der Waals surface area contributed by atoms with Gasteiger partial charge in [-0.15, -0.1) is 0 Å². The lowest BCUT2D eigenvalue weighted by molar-refractivity contribution is -0.154. The van der Waals surface area contributed by atoms with Gasteiger partial charge in [0.2, 0.25) is 0 Å². The van der Waals surface area contributed by atoms with Crippen LogP contribution < -0.4 is 0 Å². The van der Waals surface area contributed by atoms with E-state index in [0.29, 0.717) is 19.4 Å². The second kappa shape index (κ2) is 47.1. The molecule has 0 saturated carbocycles. The van der Waals surface area contributed by atoms with Crippen LogP contribution in [0.5, 0.6) is 0 Å². The van der Waals surface area contributed by atoms with Gasteiger partial charge in [-0.25, -0.2) is 4.57 Å². The molecular weight excluding hydrogens is 800 g/mol. The van der Waals surface area contributed by atoms with Gasteiger partial charge in [0, 0.05) is 13.0 Å². The Morgan fingerprint density at radius 2 is 0.871 bits per heavy atom. The van der Waals surface area contributed by atoms with Crippen molar-refractivity contribution in [1.29, 1.82) is 0 Å². The number of rotatable bonds is 42. The van der Waals surface area contributed by atoms with E-state index < -0.39 is 45.8 Å². The predicted molar refractivity (Wildman–Crippen MR) is 260 cm³/mol. The molecule has 3 atom stereocenters. The van der Waals surface area contributed by atoms with Gasteiger partial charge in [0.25, 0.3) is 0 Å². The molecule has 0 bridgehead atoms. The Bertz CT molecular complexity index is 1420. The van der Waals surface area contributed by atoms with E-state index in [1.165, 1.54) is 0 Å². The third-order valence-electron chi connectivity index (χ3n) is 8.83. The largest absolute Gasteiger partial charge is 0.472 e. The van der Waals surface area contributed by atoms with E-state index in [9.17, 15) is 19.4 Å². The average Bonchev–Trinajstić information content (AvgIpc) is 3.26. The van der Waals surface area contributed by atoms with Crippen molar-refractivity contribution in [2.45, 2.75) is 154 Å². The Labute approximate surface area is 376 Å². The van der Waals surface area contributed by atoms with Gasteiger partial charge in [0.05, 0.1) is 26.4 Å². The fourth-order valence-electron chi connectivity index (χ4n) is 5.39. The molecule has 0 aliphatic heterocycles. The minimum Gasteiger partial charge on any atom is -0.457 e. The summed E-state index contributed by atoms with van der Waals surface area (Å²) in [7, 11) is -4.55. The number of ether oxygens (including phenoxy) is 2. The zero-order chi connectivity index (χ0) is 45.3. The molecule has 3 unspecified atom stereocenters. The summed E-state index contributed by atoms with van der Waals surface area (Å²) in [5.41, 5.74) is 0. The summed E-state index contributed by atoms with van der Waals surface area (Å²) in [5.74, 6) is -0.454. The van der Waals surface area contributed by atoms with Crippen molar-refractivity contribution in [3.05, 3.63) is 134 Å². The summed E-state index contributed by atoms with van der Waals surface area (Å²) in [6.45, 7) is 3.12. The standard InChI is InChI=1S/C52H83O9P/c1-3-5-7-9-11-13-15-17-19-21-23-24-25-26-27-28-30-32-34-36-38-40-42-44-52(55)61-51(49-60-62(56,57)59-47-50(54)46-53)48-58-45-43-41-39-37-35-33-31-29-22-20-18-16-14-12-10-8-6-4-2/h5-8,11-14,17-20,23-24,26-27,29-32,36,38,50-51,53-54H,3-4,9-10,15-16,21-22,25,28,33-35,37,39-49H2,1-2H3,(H,56,57)/b7-5-,8-6-,13-11-,14-12-,19-17-,20-18-,24-23-,27-26-,31-29-,32-30-,38-36-. The highest BCUT2D eigenvalue weighted by atomic mass is 31.2. The number of phosphoric acid groups is 1. The van der Waals surface area contributed by atoms with Crippen LogP contribution in [-0.2, 0) is 27.9 Å². The lowest BCUT2D eigenvalue weighted by Crippen LogP contribution is -2.29. The van der Waals surface area contributed by atoms with Crippen LogP contribution in [0.25, 0.3) is 0 Å². The normalized spacial score (nSPS) is 15.1. The first-order chi connectivity index (χ1) is 30.3. The third kappa shape index (κ3) is 46.1. The van der Waals surface area contributed by atoms with Crippen LogP contribution in [0.3, 0.4) is 0 Å². The Hall–Kier alpha value is -3.40. The van der Waals surface area contributed by atoms with Crippen LogP contribution in [0, 0.1) is 0 Å². The lowest BCUT2D eigenvalue weighted by atomic mass is 10.1. The van der Waals surface area contributed by atoms with Gasteiger partial charge < -0.3 is 24.6 Å². The molecule has 0 aromatic rings. The molecule has 0 radical (unpaired) electrons. The van der Waals surface area contributed by atoms with Crippen molar-refractivity contribution in [1.82, 2.24) is 0 Å². The van der Waals surface area contributed by atoms with Crippen LogP contribution in [0.4, 0.5) is 0 Å². The van der Waals surface area contributed by atoms with Gasteiger partial charge in [-0.1, -0.05) is 167 Å². The lowest BCUT2D eigenvalue weighted by Gasteiger charge is -2.20. The predicted octanol–water partition coefficient (Wildman–Crippen LogP) is 13.4. The zero-order valence-electron chi connectivity index (χ0n) is 38.3. The maximum atomic E-state index is 12.6. The maximum Gasteiger partial charge on any atom is 0.472 e. The molecule has 0 heterocycles. The topological polar surface area (TPSA) is 132 Å². The van der Waals surface area contributed by atoms with Gasteiger partial charge in [-0.05, 0) is 103 Å². The molecule has 350 valence electrons. The second-order valence-corrected chi connectivity index (χ2v) is 16.1. The van der Waals surface area contributed by atoms with Crippen LogP contribution in [0.15, 0.2) is 134 Å². The first-order valence-electron chi connectivity index (χ1n) is 23.2. The van der Waals surface area contributed by atoms with Gasteiger partial charge in [0.1, 0.15) is 12.2 Å². The molecule has 0 rings (SSSR count). The Balaban J connectivity index is 4.33. The Morgan fingerprint density at radius 1 is 0.500 bits per heavy atom. The first kappa shape index (κ1) is 58.6. The van der Waals surface area contributed by atoms with Crippen molar-refractivity contribution in [2.24, 2.45) is 0 Å². The molecule has 62 heavy (non-hydrogen) atoms. The molecule has 3 N–H and O–H groups in total. The van der Waals surface area contributed by atoms with Crippen LogP contribution in [0.2, 0.25) is 0 Å². The van der Waals surface area contributed by atoms with Crippen molar-refractivity contribution in [2.75, 3.05) is 33.0 Å². The zero-order valence-corrected chi connectivity index (χ0v) is 39.2. The molecule has 0 aliphatic rings. The number of hydrogen-bond acceptors (Lipinski definition) is 8. The molecule has 0 saturated heterocycles. The summed E-state index contributed by atoms with van der Waals surface area (Å²) >= 11 is 0. The number of unbranched alkanes of at least 4 members (excludes halogenated alkanes) is 6. The second-order valence-electron chi connectivity index (χ2n) is 14.7. The number of carbonyl (C=O) groups excluding carboxylic acids is 1. The van der Waals surface area contributed by atoms with Gasteiger partial charge in [0.15, 0.2) is 0 Å². The fourth-order valence-corrected chi connectivity index (χ4v) is 6.18. The van der Waals surface area contributed by atoms with Crippen molar-refractivity contribution < 1.29 is 43.0 Å². The Kier molecular flexibility index (Phi) is 44.5. The van der Waals surface area contributed by atoms with E-state index in [1.54, 1.807) is 0 Å². The smallest absolute Gasteiger partial charge is 0.457 e. The summed E-state index contributed by atoms with van der Waals surface area (Å²) in [6, 6.07) is 0. The molecule has 10 heteroatoms. The minimum atomic E-state index is -4.55. The number of esters is 1. The summed E-state index contributed by atoms with van der Waals surface area (Å²) in [5, 5.41) is 18.4. The molecule has 0 aromatic heterocycles. The van der Waals surface area contributed by atoms with Crippen LogP contribution >= 0.6 is 7.82 Å². The molecule has 0 fully saturated rings. The van der Waals surface area contributed by atoms with Crippen molar-refractivity contribution in [3.8, 4) is 0 Å².